The third-order valence-electron chi connectivity index (χ3n) is 4.04. The number of carbonyl (C=O) groups is 1. The maximum Gasteiger partial charge on any atom is 0.254 e. The zero-order chi connectivity index (χ0) is 16.2. The van der Waals surface area contributed by atoms with E-state index in [1.807, 2.05) is 18.2 Å². The van der Waals surface area contributed by atoms with Gasteiger partial charge in [-0.15, -0.1) is 0 Å². The number of pyridine rings is 1. The molecule has 6 heteroatoms. The molecule has 0 spiro atoms. The molecule has 6 nitrogen and oxygen atoms in total. The van der Waals surface area contributed by atoms with E-state index in [-0.39, 0.29) is 11.8 Å². The van der Waals surface area contributed by atoms with Gasteiger partial charge in [0.15, 0.2) is 5.82 Å². The molecule has 0 bridgehead atoms. The molecule has 2 aromatic rings. The second-order valence-electron chi connectivity index (χ2n) is 6.14. The van der Waals surface area contributed by atoms with Gasteiger partial charge in [-0.25, -0.2) is 9.67 Å². The first-order valence-electron chi connectivity index (χ1n) is 8.02. The van der Waals surface area contributed by atoms with Crippen molar-refractivity contribution < 1.29 is 9.53 Å². The van der Waals surface area contributed by atoms with Crippen LogP contribution in [0, 0.1) is 5.92 Å². The molecule has 0 unspecified atom stereocenters. The molecule has 1 saturated heterocycles. The number of amides is 1. The van der Waals surface area contributed by atoms with E-state index >= 15 is 0 Å². The minimum absolute atomic E-state index is 0.0808. The van der Waals surface area contributed by atoms with Gasteiger partial charge in [0.25, 0.3) is 5.91 Å². The van der Waals surface area contributed by atoms with Crippen LogP contribution < -0.4 is 5.32 Å². The quantitative estimate of drug-likeness (QED) is 0.918. The molecule has 3 heterocycles. The number of nitrogens with one attached hydrogen (secondary N) is 1. The lowest BCUT2D eigenvalue weighted by atomic mass is 10.0. The van der Waals surface area contributed by atoms with Gasteiger partial charge in [0.2, 0.25) is 0 Å². The van der Waals surface area contributed by atoms with Crippen molar-refractivity contribution in [2.24, 2.45) is 5.92 Å². The van der Waals surface area contributed by atoms with Gasteiger partial charge in [0.1, 0.15) is 0 Å². The second kappa shape index (κ2) is 6.91. The van der Waals surface area contributed by atoms with Crippen LogP contribution in [0.2, 0.25) is 0 Å². The average Bonchev–Trinajstić information content (AvgIpc) is 3.22. The van der Waals surface area contributed by atoms with Crippen LogP contribution in [0.4, 0.5) is 0 Å². The van der Waals surface area contributed by atoms with E-state index in [1.54, 1.807) is 17.1 Å². The van der Waals surface area contributed by atoms with Crippen LogP contribution in [0.5, 0.6) is 0 Å². The van der Waals surface area contributed by atoms with E-state index in [9.17, 15) is 4.79 Å². The first-order valence-corrected chi connectivity index (χ1v) is 8.02. The zero-order valence-corrected chi connectivity index (χ0v) is 13.5. The second-order valence-corrected chi connectivity index (χ2v) is 6.14. The molecule has 1 aliphatic heterocycles. The molecular formula is C17H22N4O2. The van der Waals surface area contributed by atoms with Crippen molar-refractivity contribution in [2.75, 3.05) is 19.8 Å². The van der Waals surface area contributed by atoms with E-state index in [1.165, 1.54) is 0 Å². The van der Waals surface area contributed by atoms with Gasteiger partial charge < -0.3 is 10.1 Å². The van der Waals surface area contributed by atoms with Gasteiger partial charge in [-0.1, -0.05) is 19.9 Å². The molecule has 1 aliphatic rings. The van der Waals surface area contributed by atoms with Crippen molar-refractivity contribution >= 4 is 5.91 Å². The van der Waals surface area contributed by atoms with E-state index < -0.39 is 0 Å². The average molecular weight is 314 g/mol. The Morgan fingerprint density at radius 3 is 3.00 bits per heavy atom. The van der Waals surface area contributed by atoms with Crippen molar-refractivity contribution in [1.82, 2.24) is 20.1 Å². The smallest absolute Gasteiger partial charge is 0.254 e. The topological polar surface area (TPSA) is 69.0 Å². The summed E-state index contributed by atoms with van der Waals surface area (Å²) < 4.78 is 7.09. The molecule has 2 aromatic heterocycles. The number of rotatable bonds is 5. The normalized spacial score (nSPS) is 17.6. The van der Waals surface area contributed by atoms with Gasteiger partial charge in [-0.2, -0.15) is 5.10 Å². The van der Waals surface area contributed by atoms with Crippen LogP contribution in [0.25, 0.3) is 5.82 Å². The lowest BCUT2D eigenvalue weighted by molar-refractivity contribution is 0.0943. The van der Waals surface area contributed by atoms with Crippen molar-refractivity contribution in [3.8, 4) is 5.82 Å². The molecule has 23 heavy (non-hydrogen) atoms. The SMILES string of the molecule is CC(C)c1c(C(=O)NC[C@@H]2CCOC2)cnn1-c1ccccn1. The van der Waals surface area contributed by atoms with Gasteiger partial charge in [0.05, 0.1) is 24.1 Å². The van der Waals surface area contributed by atoms with Crippen LogP contribution in [0.3, 0.4) is 0 Å². The molecule has 3 rings (SSSR count). The van der Waals surface area contributed by atoms with Gasteiger partial charge in [0, 0.05) is 25.3 Å². The molecule has 122 valence electrons. The Morgan fingerprint density at radius 2 is 2.35 bits per heavy atom. The summed E-state index contributed by atoms with van der Waals surface area (Å²) in [5.41, 5.74) is 1.49. The zero-order valence-electron chi connectivity index (χ0n) is 13.5. The van der Waals surface area contributed by atoms with E-state index in [4.69, 9.17) is 4.74 Å². The molecule has 1 N–H and O–H groups in total. The summed E-state index contributed by atoms with van der Waals surface area (Å²) in [5, 5.41) is 7.39. The van der Waals surface area contributed by atoms with Crippen molar-refractivity contribution in [3.05, 3.63) is 41.9 Å². The fourth-order valence-corrected chi connectivity index (χ4v) is 2.83. The molecule has 1 amide bonds. The largest absolute Gasteiger partial charge is 0.381 e. The number of nitrogens with zero attached hydrogens (tertiary/aromatic N) is 3. The predicted octanol–water partition coefficient (Wildman–Crippen LogP) is 2.16. The van der Waals surface area contributed by atoms with Gasteiger partial charge in [-0.05, 0) is 24.5 Å². The highest BCUT2D eigenvalue weighted by Gasteiger charge is 2.22. The number of aromatic nitrogens is 3. The lowest BCUT2D eigenvalue weighted by Crippen LogP contribution is -2.30. The van der Waals surface area contributed by atoms with E-state index in [2.05, 4.69) is 29.2 Å². The Bertz CT molecular complexity index is 660. The first kappa shape index (κ1) is 15.7. The summed E-state index contributed by atoms with van der Waals surface area (Å²) in [6.07, 6.45) is 4.36. The fraction of sp³-hybridized carbons (Fsp3) is 0.471. The number of hydrogen-bond donors (Lipinski definition) is 1. The Labute approximate surface area is 135 Å². The Kier molecular flexibility index (Phi) is 4.71. The van der Waals surface area contributed by atoms with Crippen molar-refractivity contribution in [2.45, 2.75) is 26.2 Å². The number of carbonyl (C=O) groups excluding carboxylic acids is 1. The Morgan fingerprint density at radius 1 is 1.48 bits per heavy atom. The molecule has 0 saturated carbocycles. The fourth-order valence-electron chi connectivity index (χ4n) is 2.83. The summed E-state index contributed by atoms with van der Waals surface area (Å²) in [5.74, 6) is 1.21. The lowest BCUT2D eigenvalue weighted by Gasteiger charge is -2.13. The van der Waals surface area contributed by atoms with E-state index in [0.717, 1.165) is 31.1 Å². The molecule has 0 aromatic carbocycles. The number of hydrogen-bond acceptors (Lipinski definition) is 4. The summed E-state index contributed by atoms with van der Waals surface area (Å²) >= 11 is 0. The van der Waals surface area contributed by atoms with Crippen molar-refractivity contribution in [1.29, 1.82) is 0 Å². The van der Waals surface area contributed by atoms with Crippen LogP contribution in [0.15, 0.2) is 30.6 Å². The molecule has 1 fully saturated rings. The summed E-state index contributed by atoms with van der Waals surface area (Å²) in [6, 6.07) is 5.66. The van der Waals surface area contributed by atoms with Crippen LogP contribution in [-0.4, -0.2) is 40.4 Å². The highest BCUT2D eigenvalue weighted by Crippen LogP contribution is 2.22. The monoisotopic (exact) mass is 314 g/mol. The minimum Gasteiger partial charge on any atom is -0.381 e. The molecule has 0 radical (unpaired) electrons. The van der Waals surface area contributed by atoms with Crippen molar-refractivity contribution in [3.63, 3.8) is 0 Å². The maximum atomic E-state index is 12.5. The maximum absolute atomic E-state index is 12.5. The molecule has 1 atom stereocenters. The summed E-state index contributed by atoms with van der Waals surface area (Å²) in [4.78, 5) is 16.9. The summed E-state index contributed by atoms with van der Waals surface area (Å²) in [6.45, 7) is 6.27. The third kappa shape index (κ3) is 3.42. The highest BCUT2D eigenvalue weighted by atomic mass is 16.5. The Hall–Kier alpha value is -2.21. The van der Waals surface area contributed by atoms with E-state index in [0.29, 0.717) is 18.0 Å². The Balaban J connectivity index is 1.81. The minimum atomic E-state index is -0.0808. The molecular weight excluding hydrogens is 292 g/mol. The van der Waals surface area contributed by atoms with Crippen LogP contribution >= 0.6 is 0 Å². The van der Waals surface area contributed by atoms with Crippen LogP contribution in [-0.2, 0) is 4.74 Å². The van der Waals surface area contributed by atoms with Crippen LogP contribution in [0.1, 0.15) is 42.2 Å². The summed E-state index contributed by atoms with van der Waals surface area (Å²) in [7, 11) is 0. The first-order chi connectivity index (χ1) is 11.2. The standard InChI is InChI=1S/C17H22N4O2/c1-12(2)16-14(17(22)19-9-13-6-8-23-11-13)10-20-21(16)15-5-3-4-7-18-15/h3-5,7,10,12-13H,6,8-9,11H2,1-2H3,(H,19,22)/t13-/m0/s1. The van der Waals surface area contributed by atoms with Gasteiger partial charge >= 0.3 is 0 Å². The number of ether oxygens (including phenoxy) is 1. The highest BCUT2D eigenvalue weighted by molar-refractivity contribution is 5.95. The third-order valence-corrected chi connectivity index (χ3v) is 4.04. The molecule has 0 aliphatic carbocycles. The predicted molar refractivity (Wildman–Crippen MR) is 86.7 cm³/mol. The van der Waals surface area contributed by atoms with Gasteiger partial charge in [-0.3, -0.25) is 4.79 Å².